The van der Waals surface area contributed by atoms with Gasteiger partial charge in [0, 0.05) is 0 Å². The standard InChI is InChI=1S/C25H22O4/c1-3-14-25-18(16-12-8-5-9-13-16)17(15-10-6-4-7-11-15)24(2,23(25)28)19-20(25)22(27)29-21(19)26/h4-13,19-20H,3,14H2,1-2H3/t19-,20+,24-,25+/m0/s1. The van der Waals surface area contributed by atoms with E-state index in [0.29, 0.717) is 6.42 Å². The Morgan fingerprint density at radius 1 is 0.793 bits per heavy atom. The van der Waals surface area contributed by atoms with Crippen molar-refractivity contribution in [1.82, 2.24) is 0 Å². The van der Waals surface area contributed by atoms with Crippen molar-refractivity contribution in [3.8, 4) is 0 Å². The highest BCUT2D eigenvalue weighted by atomic mass is 16.6. The first-order chi connectivity index (χ1) is 14.0. The Hall–Kier alpha value is -3.01. The van der Waals surface area contributed by atoms with Gasteiger partial charge in [0.25, 0.3) is 0 Å². The van der Waals surface area contributed by atoms with Gasteiger partial charge in [-0.05, 0) is 35.6 Å². The van der Waals surface area contributed by atoms with Gasteiger partial charge in [0.15, 0.2) is 5.78 Å². The third kappa shape index (κ3) is 2.01. The molecule has 2 fully saturated rings. The van der Waals surface area contributed by atoms with Crippen molar-refractivity contribution in [1.29, 1.82) is 0 Å². The lowest BCUT2D eigenvalue weighted by Crippen LogP contribution is -2.37. The molecule has 0 N–H and O–H groups in total. The van der Waals surface area contributed by atoms with Crippen LogP contribution in [0.25, 0.3) is 11.1 Å². The number of Topliss-reactive ketones (excluding diaryl/α,β-unsaturated/α-hetero) is 1. The van der Waals surface area contributed by atoms with E-state index in [1.165, 1.54) is 0 Å². The van der Waals surface area contributed by atoms with Gasteiger partial charge in [0.05, 0.1) is 22.7 Å². The number of esters is 2. The second kappa shape index (κ2) is 5.99. The number of cyclic esters (lactones) is 2. The SMILES string of the molecule is CCC[C@@]12C(=O)[C@@](C)(C(c3ccccc3)=C1c1ccccc1)[C@@H]1C(=O)OC(=O)[C@@H]12. The molecule has 0 amide bonds. The summed E-state index contributed by atoms with van der Waals surface area (Å²) in [6, 6.07) is 19.6. The second-order valence-corrected chi connectivity index (χ2v) is 8.43. The molecule has 4 nitrogen and oxygen atoms in total. The summed E-state index contributed by atoms with van der Waals surface area (Å²) < 4.78 is 5.11. The topological polar surface area (TPSA) is 60.4 Å². The van der Waals surface area contributed by atoms with Crippen LogP contribution in [0.5, 0.6) is 0 Å². The fourth-order valence-electron chi connectivity index (χ4n) is 6.16. The van der Waals surface area contributed by atoms with Gasteiger partial charge in [-0.2, -0.15) is 0 Å². The Balaban J connectivity index is 1.92. The van der Waals surface area contributed by atoms with Gasteiger partial charge >= 0.3 is 11.9 Å². The largest absolute Gasteiger partial charge is 0.393 e. The molecule has 2 aromatic rings. The van der Waals surface area contributed by atoms with Crippen molar-refractivity contribution >= 4 is 28.9 Å². The first kappa shape index (κ1) is 18.0. The van der Waals surface area contributed by atoms with Crippen LogP contribution < -0.4 is 0 Å². The number of rotatable bonds is 4. The molecule has 2 bridgehead atoms. The van der Waals surface area contributed by atoms with E-state index < -0.39 is 34.6 Å². The average Bonchev–Trinajstić information content (AvgIpc) is 3.22. The molecule has 0 aromatic heterocycles. The van der Waals surface area contributed by atoms with Crippen molar-refractivity contribution < 1.29 is 19.1 Å². The minimum absolute atomic E-state index is 0.00967. The fraction of sp³-hybridized carbons (Fsp3) is 0.320. The van der Waals surface area contributed by atoms with E-state index in [-0.39, 0.29) is 5.78 Å². The molecule has 1 heterocycles. The summed E-state index contributed by atoms with van der Waals surface area (Å²) in [5.74, 6) is -2.61. The molecule has 0 radical (unpaired) electrons. The van der Waals surface area contributed by atoms with E-state index in [1.807, 2.05) is 74.5 Å². The first-order valence-corrected chi connectivity index (χ1v) is 10.1. The minimum atomic E-state index is -1.07. The summed E-state index contributed by atoms with van der Waals surface area (Å²) >= 11 is 0. The highest BCUT2D eigenvalue weighted by Crippen LogP contribution is 2.74. The number of hydrogen-bond acceptors (Lipinski definition) is 4. The summed E-state index contributed by atoms with van der Waals surface area (Å²) in [5.41, 5.74) is 1.52. The maximum absolute atomic E-state index is 14.1. The molecular formula is C25H22O4. The van der Waals surface area contributed by atoms with Crippen LogP contribution in [0.15, 0.2) is 60.7 Å². The van der Waals surface area contributed by atoms with Gasteiger partial charge in [0.1, 0.15) is 0 Å². The van der Waals surface area contributed by atoms with E-state index in [0.717, 1.165) is 28.7 Å². The van der Waals surface area contributed by atoms with Crippen LogP contribution in [0.1, 0.15) is 37.8 Å². The molecule has 1 aliphatic heterocycles. The first-order valence-electron chi connectivity index (χ1n) is 10.1. The summed E-state index contributed by atoms with van der Waals surface area (Å²) in [5, 5.41) is 0. The molecule has 4 heteroatoms. The molecule has 2 aliphatic carbocycles. The third-order valence-corrected chi connectivity index (χ3v) is 7.06. The van der Waals surface area contributed by atoms with Crippen molar-refractivity contribution in [2.75, 3.05) is 0 Å². The molecule has 0 spiro atoms. The lowest BCUT2D eigenvalue weighted by atomic mass is 9.61. The zero-order valence-electron chi connectivity index (χ0n) is 16.5. The van der Waals surface area contributed by atoms with Crippen LogP contribution in [-0.4, -0.2) is 17.7 Å². The molecule has 3 aliphatic rings. The van der Waals surface area contributed by atoms with E-state index in [1.54, 1.807) is 0 Å². The maximum atomic E-state index is 14.1. The molecule has 146 valence electrons. The normalized spacial score (nSPS) is 32.7. The summed E-state index contributed by atoms with van der Waals surface area (Å²) in [6.45, 7) is 3.85. The van der Waals surface area contributed by atoms with E-state index in [2.05, 4.69) is 0 Å². The molecule has 5 rings (SSSR count). The highest BCUT2D eigenvalue weighted by molar-refractivity contribution is 6.28. The predicted octanol–water partition coefficient (Wildman–Crippen LogP) is 4.30. The number of allylic oxidation sites excluding steroid dienone is 2. The molecule has 0 unspecified atom stereocenters. The Bertz CT molecular complexity index is 1070. The van der Waals surface area contributed by atoms with Crippen LogP contribution in [0.4, 0.5) is 0 Å². The lowest BCUT2D eigenvalue weighted by Gasteiger charge is -2.36. The summed E-state index contributed by atoms with van der Waals surface area (Å²) in [7, 11) is 0. The Labute approximate surface area is 169 Å². The predicted molar refractivity (Wildman–Crippen MR) is 108 cm³/mol. The van der Waals surface area contributed by atoms with Gasteiger partial charge < -0.3 is 4.74 Å². The Morgan fingerprint density at radius 3 is 1.86 bits per heavy atom. The molecule has 2 aromatic carbocycles. The zero-order valence-corrected chi connectivity index (χ0v) is 16.5. The Kier molecular flexibility index (Phi) is 3.73. The monoisotopic (exact) mass is 386 g/mol. The van der Waals surface area contributed by atoms with Crippen molar-refractivity contribution in [3.05, 3.63) is 71.8 Å². The van der Waals surface area contributed by atoms with Crippen molar-refractivity contribution in [2.24, 2.45) is 22.7 Å². The van der Waals surface area contributed by atoms with Crippen molar-refractivity contribution in [2.45, 2.75) is 26.7 Å². The van der Waals surface area contributed by atoms with Crippen LogP contribution in [-0.2, 0) is 19.1 Å². The van der Waals surface area contributed by atoms with Gasteiger partial charge in [-0.3, -0.25) is 14.4 Å². The summed E-state index contributed by atoms with van der Waals surface area (Å²) in [6.07, 6.45) is 1.25. The van der Waals surface area contributed by atoms with Crippen LogP contribution in [0.2, 0.25) is 0 Å². The third-order valence-electron chi connectivity index (χ3n) is 7.06. The number of ether oxygens (including phenoxy) is 1. The number of ketones is 1. The van der Waals surface area contributed by atoms with E-state index >= 15 is 0 Å². The maximum Gasteiger partial charge on any atom is 0.318 e. The second-order valence-electron chi connectivity index (χ2n) is 8.43. The number of fused-ring (bicyclic) bond motifs is 5. The van der Waals surface area contributed by atoms with E-state index in [4.69, 9.17) is 4.74 Å². The fourth-order valence-corrected chi connectivity index (χ4v) is 6.16. The van der Waals surface area contributed by atoms with Gasteiger partial charge in [-0.25, -0.2) is 0 Å². The smallest absolute Gasteiger partial charge is 0.318 e. The number of carbonyl (C=O) groups excluding carboxylic acids is 3. The highest BCUT2D eigenvalue weighted by Gasteiger charge is 2.79. The van der Waals surface area contributed by atoms with E-state index in [9.17, 15) is 14.4 Å². The number of hydrogen-bond donors (Lipinski definition) is 0. The molecule has 1 saturated carbocycles. The lowest BCUT2D eigenvalue weighted by molar-refractivity contribution is -0.157. The Morgan fingerprint density at radius 2 is 1.31 bits per heavy atom. The van der Waals surface area contributed by atoms with Gasteiger partial charge in [0.2, 0.25) is 0 Å². The minimum Gasteiger partial charge on any atom is -0.393 e. The molecule has 4 atom stereocenters. The van der Waals surface area contributed by atoms with Gasteiger partial charge in [-0.15, -0.1) is 0 Å². The molecule has 1 saturated heterocycles. The van der Waals surface area contributed by atoms with Crippen LogP contribution in [0, 0.1) is 22.7 Å². The van der Waals surface area contributed by atoms with Crippen LogP contribution >= 0.6 is 0 Å². The summed E-state index contributed by atoms with van der Waals surface area (Å²) in [4.78, 5) is 39.7. The molecular weight excluding hydrogens is 364 g/mol. The average molecular weight is 386 g/mol. The van der Waals surface area contributed by atoms with Crippen molar-refractivity contribution in [3.63, 3.8) is 0 Å². The zero-order chi connectivity index (χ0) is 20.4. The molecule has 29 heavy (non-hydrogen) atoms. The quantitative estimate of drug-likeness (QED) is 0.581. The van der Waals surface area contributed by atoms with Crippen LogP contribution in [0.3, 0.4) is 0 Å². The van der Waals surface area contributed by atoms with Gasteiger partial charge in [-0.1, -0.05) is 74.0 Å². The number of benzene rings is 2. The number of carbonyl (C=O) groups is 3.